The van der Waals surface area contributed by atoms with Crippen molar-refractivity contribution in [2.24, 2.45) is 20.4 Å². The minimum absolute atomic E-state index is 0.0119. The number of urea groups is 1. The van der Waals surface area contributed by atoms with E-state index < -0.39 is 36.5 Å². The van der Waals surface area contributed by atoms with Crippen LogP contribution in [0.4, 0.5) is 44.6 Å². The number of nitrogens with two attached hydrogens (primary N) is 1. The van der Waals surface area contributed by atoms with Crippen molar-refractivity contribution in [1.82, 2.24) is 108 Å². The lowest BCUT2D eigenvalue weighted by atomic mass is 10.2. The highest BCUT2D eigenvalue weighted by molar-refractivity contribution is 7.93. The quantitative estimate of drug-likeness (QED) is 0.0152. The number of primary amides is 1. The fourth-order valence-electron chi connectivity index (χ4n) is 12.9. The Kier molecular flexibility index (Phi) is 47.3. The predicted octanol–water partition coefficient (Wildman–Crippen LogP) is 14.6. The van der Waals surface area contributed by atoms with Crippen molar-refractivity contribution in [3.05, 3.63) is 264 Å². The van der Waals surface area contributed by atoms with Crippen LogP contribution in [0.5, 0.6) is 0 Å². The van der Waals surface area contributed by atoms with E-state index >= 15 is 0 Å². The number of nitrogens with one attached hydrogen (secondary N) is 1. The Morgan fingerprint density at radius 3 is 1.01 bits per heavy atom. The standard InChI is InChI=1S/C15H19ClN6O3S.C15H17ClN6OS.C13H16ClN5O3S.C13H15ClN4OS.C12H12Cl2N4O.C12H11ClN4O.C12H13ClN4O/c1-3-21(13(23)6-8-26(2,25)20-15(17)24)12-10-22(19-14(12)16)11-5-4-7-18-9-11;1-11(9-24(3)19-10-17)15(23)21(2)13-8-22(20-14(13)16)12-5-4-6-18-7-12;1-18(12(20)5-7-16-23(2,21)22)11-9-19(17-13(11)14)10-4-3-6-15-8-10;1-2-17(12(19)5-7-20)11-9-18(16-13(11)14)10-4-3-6-15-8-10;1-17(11(19)4-5-13)10-8-18(16-12(10)14)9-3-2-6-15-7-9;1-3-11(18)16(2)10-8-17(15-12(10)13)9-5-4-6-14-7-9;1-3-16(9(2)18)11-8-17(15-12(11)13)10-5-4-6-14-7-10/h4-5,7,9-10H,3,6,8H2,1-2H3,(H2,17,24);4-8,11H,9H2,1-3H3;3-4,6,8-9,16H,5,7H2,1-2H3;3-4,6,8-9,20H,2,5,7H2,1H3;2-3,6-8H,4-5H2,1H3;3-8H,1H2,2H3;4-8H,3H2,1-2H3. The summed E-state index contributed by atoms with van der Waals surface area (Å²) in [6.45, 7) is 13.8. The zero-order valence-electron chi connectivity index (χ0n) is 81.7. The number of carbonyl (C=O) groups excluding carboxylic acids is 8. The maximum absolute atomic E-state index is 12.6. The highest BCUT2D eigenvalue weighted by atomic mass is 35.5. The van der Waals surface area contributed by atoms with Crippen molar-refractivity contribution in [2.75, 3.05) is 131 Å². The molecule has 14 aromatic rings. The lowest BCUT2D eigenvalue weighted by Gasteiger charge is -2.20. The fourth-order valence-corrected chi connectivity index (χ4v) is 17.5. The number of thiol groups is 1. The molecule has 3 unspecified atom stereocenters. The lowest BCUT2D eigenvalue weighted by molar-refractivity contribution is -0.121. The normalized spacial score (nSPS) is 11.5. The number of halogens is 8. The number of carbonyl (C=O) groups is 8. The first kappa shape index (κ1) is 119. The molecule has 0 saturated heterocycles. The lowest BCUT2D eigenvalue weighted by Crippen LogP contribution is -2.33. The second-order valence-corrected chi connectivity index (χ2v) is 40.1. The molecule has 782 valence electrons. The van der Waals surface area contributed by atoms with Crippen LogP contribution < -0.4 is 44.8 Å². The number of rotatable bonds is 32. The Morgan fingerprint density at radius 2 is 0.750 bits per heavy atom. The van der Waals surface area contributed by atoms with Gasteiger partial charge in [-0.05, 0) is 124 Å². The van der Waals surface area contributed by atoms with Gasteiger partial charge in [0, 0.05) is 160 Å². The SMILES string of the molecule is C=CC(=O)N(C)c1cn(-c2cccnc2)nc1Cl.CC(CS(C)=NC#N)C(=O)N(C)c1cn(-c2cccnc2)nc1Cl.CCN(C(=O)CCS(C)(=O)=NC(N)=O)c1cn(-c2cccnc2)nc1Cl.CCN(C(=O)CCS)c1cn(-c2cccnc2)nc1Cl.CCN(C(C)=O)c1cn(-c2cccnc2)nc1Cl.CN(C(=O)CCCl)c1cn(-c2cccnc2)nc1Cl.CN(C(=O)CCNS(C)(=O)=O)c1cn(-c2cccnc2)nc1Cl. The summed E-state index contributed by atoms with van der Waals surface area (Å²) in [5.74, 6) is -0.200. The zero-order chi connectivity index (χ0) is 109. The summed E-state index contributed by atoms with van der Waals surface area (Å²) in [6, 6.07) is 24.4. The number of alkyl halides is 1. The molecule has 0 aromatic carbocycles. The molecule has 3 N–H and O–H groups in total. The van der Waals surface area contributed by atoms with Gasteiger partial charge in [0.15, 0.2) is 36.1 Å². The molecule has 9 amide bonds. The summed E-state index contributed by atoms with van der Waals surface area (Å²) in [5, 5.41) is 39.5. The number of nitrogens with zero attached hydrogens (tertiary/aromatic N) is 31. The van der Waals surface area contributed by atoms with E-state index in [-0.39, 0.29) is 110 Å². The van der Waals surface area contributed by atoms with Crippen LogP contribution in [0.1, 0.15) is 60.3 Å². The number of sulfonamides is 1. The summed E-state index contributed by atoms with van der Waals surface area (Å²) in [4.78, 5) is 133. The van der Waals surface area contributed by atoms with E-state index in [2.05, 4.69) is 103 Å². The van der Waals surface area contributed by atoms with Gasteiger partial charge in [0.25, 0.3) is 0 Å². The number of nitriles is 1. The van der Waals surface area contributed by atoms with Crippen LogP contribution in [0.3, 0.4) is 0 Å². The minimum Gasteiger partial charge on any atom is -0.349 e. The molecule has 3 atom stereocenters. The Balaban J connectivity index is 0.000000211. The Hall–Kier alpha value is -13.8. The number of aromatic nitrogens is 21. The minimum atomic E-state index is -3.32. The number of anilines is 7. The average Bonchev–Trinajstić information content (AvgIpc) is 1.67. The fraction of sp³-hybridized carbons (Fsp3) is 0.272. The van der Waals surface area contributed by atoms with Gasteiger partial charge in [-0.2, -0.15) is 57.9 Å². The Bertz CT molecular complexity index is 7150. The van der Waals surface area contributed by atoms with Crippen molar-refractivity contribution in [2.45, 2.75) is 60.3 Å². The number of hydrogen-bond acceptors (Lipinski definition) is 28. The highest BCUT2D eigenvalue weighted by Crippen LogP contribution is 2.34. The molecule has 14 rings (SSSR count). The first-order valence-electron chi connectivity index (χ1n) is 44.0. The van der Waals surface area contributed by atoms with Gasteiger partial charge in [-0.25, -0.2) is 54.9 Å². The van der Waals surface area contributed by atoms with Gasteiger partial charge in [-0.3, -0.25) is 68.4 Å². The third kappa shape index (κ3) is 35.5. The maximum Gasteiger partial charge on any atom is 0.346 e. The van der Waals surface area contributed by atoms with Crippen molar-refractivity contribution >= 4 is 223 Å². The van der Waals surface area contributed by atoms with Crippen molar-refractivity contribution < 1.29 is 51.0 Å². The van der Waals surface area contributed by atoms with Crippen LogP contribution in [-0.4, -0.2) is 260 Å². The molecule has 0 aliphatic heterocycles. The monoisotopic (exact) mass is 2250 g/mol. The topological polar surface area (TPSA) is 512 Å². The van der Waals surface area contributed by atoms with Gasteiger partial charge in [0.2, 0.25) is 57.6 Å². The van der Waals surface area contributed by atoms with Crippen LogP contribution in [0.25, 0.3) is 39.8 Å². The molecule has 0 aliphatic rings. The molecule has 0 bridgehead atoms. The molecule has 0 spiro atoms. The average molecular weight is 2260 g/mol. The van der Waals surface area contributed by atoms with E-state index in [0.29, 0.717) is 99.1 Å². The summed E-state index contributed by atoms with van der Waals surface area (Å²) >= 11 is 52.4. The van der Waals surface area contributed by atoms with Gasteiger partial charge in [0.1, 0.15) is 39.8 Å². The van der Waals surface area contributed by atoms with E-state index in [1.54, 1.807) is 247 Å². The highest BCUT2D eigenvalue weighted by Gasteiger charge is 2.28. The van der Waals surface area contributed by atoms with E-state index in [1.807, 2.05) is 69.5 Å². The third-order valence-corrected chi connectivity index (χ3v) is 26.1. The van der Waals surface area contributed by atoms with E-state index in [4.69, 9.17) is 104 Å². The van der Waals surface area contributed by atoms with Crippen LogP contribution in [-0.2, 0) is 64.0 Å². The molecule has 56 heteroatoms. The number of pyridine rings is 7. The van der Waals surface area contributed by atoms with Gasteiger partial charge in [-0.1, -0.05) is 105 Å². The molecule has 0 saturated carbocycles. The first-order chi connectivity index (χ1) is 70.5. The number of likely N-dealkylation sites (N-methyl/N-ethyl adjacent to an activating group) is 1. The molecule has 0 aliphatic carbocycles. The summed E-state index contributed by atoms with van der Waals surface area (Å²) < 4.78 is 54.4. The Morgan fingerprint density at radius 1 is 0.466 bits per heavy atom. The van der Waals surface area contributed by atoms with Gasteiger partial charge < -0.3 is 40.0 Å². The van der Waals surface area contributed by atoms with E-state index in [1.165, 1.54) is 53.1 Å². The van der Waals surface area contributed by atoms with E-state index in [9.17, 15) is 51.0 Å². The maximum atomic E-state index is 12.6. The number of amides is 9. The molecule has 0 fully saturated rings. The predicted molar refractivity (Wildman–Crippen MR) is 580 cm³/mol. The summed E-state index contributed by atoms with van der Waals surface area (Å²) in [6.07, 6.45) is 42.7. The molecule has 148 heavy (non-hydrogen) atoms. The van der Waals surface area contributed by atoms with Crippen LogP contribution in [0.15, 0.2) is 236 Å². The third-order valence-electron chi connectivity index (χ3n) is 20.2. The zero-order valence-corrected chi connectivity index (χ0v) is 91.1. The second kappa shape index (κ2) is 58.7. The largest absolute Gasteiger partial charge is 0.349 e. The molecular weight excluding hydrogens is 2160 g/mol. The summed E-state index contributed by atoms with van der Waals surface area (Å²) in [5.41, 5.74) is 13.9. The molecule has 14 heterocycles. The molecule has 0 radical (unpaired) electrons. The second-order valence-electron chi connectivity index (χ2n) is 30.7. The summed E-state index contributed by atoms with van der Waals surface area (Å²) in [7, 11) is -0.179. The smallest absolute Gasteiger partial charge is 0.346 e. The Labute approximate surface area is 901 Å². The van der Waals surface area contributed by atoms with Gasteiger partial charge in [0.05, 0.1) is 143 Å². The van der Waals surface area contributed by atoms with Crippen LogP contribution >= 0.6 is 105 Å². The van der Waals surface area contributed by atoms with Crippen molar-refractivity contribution in [1.29, 1.82) is 5.26 Å². The first-order valence-corrected chi connectivity index (χ1v) is 53.6. The van der Waals surface area contributed by atoms with Crippen LogP contribution in [0.2, 0.25) is 36.1 Å². The molecule has 44 nitrogen and oxygen atoms in total. The molecular formula is C92H103Cl8N33O11S4. The van der Waals surface area contributed by atoms with Gasteiger partial charge >= 0.3 is 6.03 Å². The van der Waals surface area contributed by atoms with Crippen molar-refractivity contribution in [3.8, 4) is 46.0 Å². The van der Waals surface area contributed by atoms with E-state index in [0.717, 1.165) is 34.7 Å². The number of hydrogen-bond donors (Lipinski definition) is 3. The van der Waals surface area contributed by atoms with Crippen molar-refractivity contribution in [3.63, 3.8) is 0 Å². The van der Waals surface area contributed by atoms with Crippen LogP contribution in [0, 0.1) is 17.4 Å². The molecule has 14 aromatic heterocycles. The van der Waals surface area contributed by atoms with Gasteiger partial charge in [-0.15, -0.1) is 16.0 Å².